The Hall–Kier alpha value is -3.18. The van der Waals surface area contributed by atoms with E-state index in [4.69, 9.17) is 10.2 Å². The minimum absolute atomic E-state index is 0. The van der Waals surface area contributed by atoms with E-state index in [9.17, 15) is 9.59 Å². The molecule has 0 aromatic heterocycles. The molecule has 2 aliphatic carbocycles. The number of methoxy groups -OCH3 is 2. The van der Waals surface area contributed by atoms with Crippen molar-refractivity contribution < 1.29 is 55.5 Å². The Kier molecular flexibility index (Phi) is 16.6. The molecule has 0 atom stereocenters. The minimum atomic E-state index is -0.525. The number of carbonyl (C=O) groups excluding carboxylic acids is 2. The monoisotopic (exact) mass is 524 g/mol. The smallest absolute Gasteiger partial charge is 0.507 e. The fourth-order valence-corrected chi connectivity index (χ4v) is 2.19. The van der Waals surface area contributed by atoms with Crippen LogP contribution in [0.1, 0.15) is 33.6 Å². The molecule has 33 heavy (non-hydrogen) atoms. The number of phenols is 2. The molecule has 2 N–H and O–H groups in total. The standard InChI is InChI=1S/2C8H8O3.2C5H5.Zr/c2*1-11-8(10)6-4-2-3-5-7(6)9;2*1-2-4-5-3-1;/h2*2-5,9H,1H3;2*1-3H,4H2;/q;;2*-1;+2. The number of hydrogen-bond acceptors (Lipinski definition) is 6. The van der Waals surface area contributed by atoms with Crippen LogP contribution in [0.3, 0.4) is 0 Å². The van der Waals surface area contributed by atoms with Gasteiger partial charge in [-0.25, -0.2) is 33.9 Å². The molecule has 0 saturated heterocycles. The topological polar surface area (TPSA) is 93.1 Å². The first-order valence-corrected chi connectivity index (χ1v) is 9.67. The quantitative estimate of drug-likeness (QED) is 0.425. The van der Waals surface area contributed by atoms with Crippen molar-refractivity contribution in [3.63, 3.8) is 0 Å². The van der Waals surface area contributed by atoms with E-state index in [1.54, 1.807) is 24.3 Å². The largest absolute Gasteiger partial charge is 2.00 e. The summed E-state index contributed by atoms with van der Waals surface area (Å²) in [5, 5.41) is 18.2. The predicted molar refractivity (Wildman–Crippen MR) is 122 cm³/mol. The van der Waals surface area contributed by atoms with Gasteiger partial charge in [0.15, 0.2) is 0 Å². The molecule has 0 aliphatic heterocycles. The summed E-state index contributed by atoms with van der Waals surface area (Å²) in [6, 6.07) is 12.5. The Morgan fingerprint density at radius 1 is 0.727 bits per heavy atom. The number of phenolic OH excluding ortho intramolecular Hbond substituents is 2. The van der Waals surface area contributed by atoms with E-state index in [0.717, 1.165) is 12.8 Å². The zero-order chi connectivity index (χ0) is 23.6. The molecule has 2 aromatic rings. The molecule has 0 radical (unpaired) electrons. The second kappa shape index (κ2) is 18.4. The van der Waals surface area contributed by atoms with E-state index < -0.39 is 11.9 Å². The predicted octanol–water partition coefficient (Wildman–Crippen LogP) is 4.97. The van der Waals surface area contributed by atoms with E-state index in [2.05, 4.69) is 33.8 Å². The number of carbonyl (C=O) groups is 2. The summed E-state index contributed by atoms with van der Waals surface area (Å²) in [7, 11) is 2.55. The van der Waals surface area contributed by atoms with Crippen LogP contribution < -0.4 is 0 Å². The van der Waals surface area contributed by atoms with E-state index in [0.29, 0.717) is 0 Å². The fourth-order valence-electron chi connectivity index (χ4n) is 2.19. The molecule has 4 rings (SSSR count). The van der Waals surface area contributed by atoms with Crippen molar-refractivity contribution in [1.29, 1.82) is 0 Å². The molecular formula is C26H26O6Zr. The van der Waals surface area contributed by atoms with Gasteiger partial charge in [-0.05, 0) is 24.3 Å². The Morgan fingerprint density at radius 3 is 1.30 bits per heavy atom. The van der Waals surface area contributed by atoms with Gasteiger partial charge in [0.2, 0.25) is 0 Å². The molecule has 0 fully saturated rings. The molecular weight excluding hydrogens is 500 g/mol. The molecule has 170 valence electrons. The van der Waals surface area contributed by atoms with Crippen molar-refractivity contribution >= 4 is 11.9 Å². The van der Waals surface area contributed by atoms with Crippen LogP contribution in [0, 0.1) is 12.2 Å². The normalized spacial score (nSPS) is 11.5. The van der Waals surface area contributed by atoms with Crippen molar-refractivity contribution in [2.45, 2.75) is 12.8 Å². The summed E-state index contributed by atoms with van der Waals surface area (Å²) in [5.74, 6) is -1.16. The second-order valence-electron chi connectivity index (χ2n) is 6.02. The average molecular weight is 526 g/mol. The molecule has 2 aliphatic rings. The van der Waals surface area contributed by atoms with E-state index in [-0.39, 0.29) is 48.8 Å². The average Bonchev–Trinajstić information content (AvgIpc) is 3.58. The number of aromatic hydroxyl groups is 2. The van der Waals surface area contributed by atoms with Crippen LogP contribution in [-0.2, 0) is 35.7 Å². The van der Waals surface area contributed by atoms with E-state index in [1.165, 1.54) is 38.5 Å². The molecule has 0 spiro atoms. The zero-order valence-electron chi connectivity index (χ0n) is 18.5. The van der Waals surface area contributed by atoms with Crippen LogP contribution in [0.2, 0.25) is 0 Å². The van der Waals surface area contributed by atoms with Gasteiger partial charge in [-0.2, -0.15) is 12.2 Å². The van der Waals surface area contributed by atoms with E-state index in [1.807, 2.05) is 24.3 Å². The molecule has 6 nitrogen and oxygen atoms in total. The Bertz CT molecular complexity index is 877. The summed E-state index contributed by atoms with van der Waals surface area (Å²) < 4.78 is 8.84. The molecule has 0 heterocycles. The molecule has 0 bridgehead atoms. The van der Waals surface area contributed by atoms with E-state index >= 15 is 0 Å². The van der Waals surface area contributed by atoms with Gasteiger partial charge in [0, 0.05) is 0 Å². The summed E-state index contributed by atoms with van der Waals surface area (Å²) >= 11 is 0. The van der Waals surface area contributed by atoms with Gasteiger partial charge in [-0.1, -0.05) is 24.3 Å². The summed E-state index contributed by atoms with van der Waals surface area (Å²) in [6.07, 6.45) is 20.0. The third-order valence-corrected chi connectivity index (χ3v) is 3.79. The van der Waals surface area contributed by atoms with Crippen molar-refractivity contribution in [1.82, 2.24) is 0 Å². The van der Waals surface area contributed by atoms with Crippen LogP contribution in [0.4, 0.5) is 0 Å². The maximum absolute atomic E-state index is 10.9. The fraction of sp³-hybridized carbons (Fsp3) is 0.154. The van der Waals surface area contributed by atoms with Crippen LogP contribution >= 0.6 is 0 Å². The van der Waals surface area contributed by atoms with Gasteiger partial charge in [-0.3, -0.25) is 12.2 Å². The van der Waals surface area contributed by atoms with Gasteiger partial charge in [0.25, 0.3) is 0 Å². The first kappa shape index (κ1) is 29.8. The van der Waals surface area contributed by atoms with Crippen LogP contribution in [0.15, 0.2) is 85.0 Å². The SMILES string of the molecule is COC(=O)c1ccccc1O.COC(=O)c1ccccc1O.[C-]1=CC=CC1.[C-]1=CC=CC1.[Zr+2]. The Labute approximate surface area is 213 Å². The summed E-state index contributed by atoms with van der Waals surface area (Å²) in [5.41, 5.74) is 0.380. The van der Waals surface area contributed by atoms with Crippen molar-refractivity contribution in [2.75, 3.05) is 14.2 Å². The van der Waals surface area contributed by atoms with Crippen LogP contribution in [0.5, 0.6) is 11.5 Å². The maximum Gasteiger partial charge on any atom is 2.00 e. The molecule has 0 saturated carbocycles. The number of allylic oxidation sites excluding steroid dienone is 8. The van der Waals surface area contributed by atoms with Gasteiger partial charge in [0.05, 0.1) is 14.2 Å². The number of esters is 2. The Morgan fingerprint density at radius 2 is 1.09 bits per heavy atom. The number of para-hydroxylation sites is 2. The molecule has 0 unspecified atom stereocenters. The van der Waals surface area contributed by atoms with Crippen LogP contribution in [-0.4, -0.2) is 36.4 Å². The summed E-state index contributed by atoms with van der Waals surface area (Å²) in [4.78, 5) is 21.7. The Balaban J connectivity index is 0.000000434. The molecule has 7 heteroatoms. The van der Waals surface area contributed by atoms with Crippen LogP contribution in [0.25, 0.3) is 0 Å². The second-order valence-corrected chi connectivity index (χ2v) is 6.02. The van der Waals surface area contributed by atoms with Gasteiger partial charge in [-0.15, -0.1) is 12.8 Å². The van der Waals surface area contributed by atoms with Crippen molar-refractivity contribution in [3.05, 3.63) is 108 Å². The number of hydrogen-bond donors (Lipinski definition) is 2. The van der Waals surface area contributed by atoms with Crippen molar-refractivity contribution in [3.8, 4) is 11.5 Å². The van der Waals surface area contributed by atoms with Gasteiger partial charge >= 0.3 is 38.1 Å². The third-order valence-electron chi connectivity index (χ3n) is 3.79. The maximum atomic E-state index is 10.9. The number of benzene rings is 2. The summed E-state index contributed by atoms with van der Waals surface area (Å²) in [6.45, 7) is 0. The van der Waals surface area contributed by atoms with Gasteiger partial charge < -0.3 is 19.7 Å². The molecule has 0 amide bonds. The third kappa shape index (κ3) is 12.4. The zero-order valence-corrected chi connectivity index (χ0v) is 21.0. The minimum Gasteiger partial charge on any atom is -0.507 e. The number of ether oxygens (including phenoxy) is 2. The van der Waals surface area contributed by atoms with Crippen molar-refractivity contribution in [2.24, 2.45) is 0 Å². The first-order valence-electron chi connectivity index (χ1n) is 9.67. The van der Waals surface area contributed by atoms with Gasteiger partial charge in [0.1, 0.15) is 22.6 Å². The number of rotatable bonds is 2. The first-order chi connectivity index (χ1) is 15.5. The molecule has 2 aromatic carbocycles.